The normalized spacial score (nSPS) is 30.7. The summed E-state index contributed by atoms with van der Waals surface area (Å²) in [6, 6.07) is 14.2. The molecule has 0 spiro atoms. The van der Waals surface area contributed by atoms with Crippen molar-refractivity contribution in [2.45, 2.75) is 37.0 Å². The van der Waals surface area contributed by atoms with Crippen molar-refractivity contribution in [2.24, 2.45) is 5.92 Å². The lowest BCUT2D eigenvalue weighted by Crippen LogP contribution is -2.63. The molecule has 0 aliphatic carbocycles. The molecule has 1 N–H and O–H groups in total. The Kier molecular flexibility index (Phi) is 5.02. The number of anilines is 1. The Balaban J connectivity index is 1.56. The maximum atomic E-state index is 12.1. The Morgan fingerprint density at radius 3 is 2.57 bits per heavy atom. The molecule has 1 unspecified atom stereocenters. The number of ether oxygens (including phenoxy) is 1. The highest BCUT2D eigenvalue weighted by Gasteiger charge is 2.54. The van der Waals surface area contributed by atoms with E-state index in [1.807, 2.05) is 24.3 Å². The third kappa shape index (κ3) is 3.11. The summed E-state index contributed by atoms with van der Waals surface area (Å²) >= 11 is 0. The topological polar surface area (TPSA) is 48.8 Å². The Labute approximate surface area is 178 Å². The molecule has 1 aromatic heterocycles. The predicted octanol–water partition coefficient (Wildman–Crippen LogP) is 2.42. The summed E-state index contributed by atoms with van der Waals surface area (Å²) in [4.78, 5) is 9.55. The number of terminal acetylenes is 1. The molecular weight excluding hydrogens is 374 g/mol. The minimum Gasteiger partial charge on any atom is -0.382 e. The number of fused-ring (bicyclic) bond motifs is 3. The van der Waals surface area contributed by atoms with E-state index in [1.165, 1.54) is 5.56 Å². The smallest absolute Gasteiger partial charge is 0.129 e. The molecule has 4 aliphatic rings. The van der Waals surface area contributed by atoms with Crippen molar-refractivity contribution in [3.05, 3.63) is 59.3 Å². The number of aliphatic hydroxyl groups is 1. The molecule has 2 aromatic rings. The summed E-state index contributed by atoms with van der Waals surface area (Å²) in [6.45, 7) is 3.63. The fraction of sp³-hybridized carbons (Fsp3) is 0.480. The van der Waals surface area contributed by atoms with E-state index in [9.17, 15) is 5.11 Å². The molecule has 0 radical (unpaired) electrons. The summed E-state index contributed by atoms with van der Waals surface area (Å²) in [7, 11) is 1.75. The van der Waals surface area contributed by atoms with Crippen molar-refractivity contribution >= 4 is 5.82 Å². The molecule has 4 aliphatic heterocycles. The van der Waals surface area contributed by atoms with Crippen LogP contribution in [0.2, 0.25) is 0 Å². The zero-order valence-electron chi connectivity index (χ0n) is 17.5. The summed E-state index contributed by atoms with van der Waals surface area (Å²) < 4.78 is 5.42. The van der Waals surface area contributed by atoms with Crippen LogP contribution in [0.4, 0.5) is 5.82 Å². The van der Waals surface area contributed by atoms with Crippen LogP contribution < -0.4 is 4.90 Å². The average molecular weight is 404 g/mol. The SMILES string of the molecule is C#CC1N2CCC(CC2)[C@@]1(O)c1ccc(N2CC(OC)C2)nc1Cc1ccccc1. The van der Waals surface area contributed by atoms with E-state index in [4.69, 9.17) is 16.1 Å². The number of hydrogen-bond donors (Lipinski definition) is 1. The molecular formula is C25H29N3O2. The van der Waals surface area contributed by atoms with Crippen molar-refractivity contribution in [2.75, 3.05) is 38.2 Å². The summed E-state index contributed by atoms with van der Waals surface area (Å²) in [5, 5.41) is 12.1. The molecule has 0 saturated carbocycles. The van der Waals surface area contributed by atoms with Gasteiger partial charge in [0.25, 0.3) is 0 Å². The first-order chi connectivity index (χ1) is 14.6. The number of methoxy groups -OCH3 is 1. The van der Waals surface area contributed by atoms with Gasteiger partial charge in [-0.1, -0.05) is 42.3 Å². The number of piperidine rings is 3. The van der Waals surface area contributed by atoms with Crippen LogP contribution in [0.15, 0.2) is 42.5 Å². The molecule has 6 rings (SSSR count). The molecule has 2 bridgehead atoms. The maximum Gasteiger partial charge on any atom is 0.129 e. The molecule has 4 fully saturated rings. The number of aromatic nitrogens is 1. The molecule has 5 nitrogen and oxygen atoms in total. The Morgan fingerprint density at radius 1 is 1.17 bits per heavy atom. The quantitative estimate of drug-likeness (QED) is 0.777. The molecule has 5 heteroatoms. The van der Waals surface area contributed by atoms with Gasteiger partial charge in [0.05, 0.1) is 11.8 Å². The van der Waals surface area contributed by atoms with Gasteiger partial charge >= 0.3 is 0 Å². The molecule has 1 aromatic carbocycles. The van der Waals surface area contributed by atoms with Gasteiger partial charge in [0.15, 0.2) is 0 Å². The first kappa shape index (κ1) is 19.6. The summed E-state index contributed by atoms with van der Waals surface area (Å²) in [5.41, 5.74) is 1.96. The van der Waals surface area contributed by atoms with Gasteiger partial charge in [-0.3, -0.25) is 4.90 Å². The van der Waals surface area contributed by atoms with Crippen LogP contribution in [0, 0.1) is 18.3 Å². The number of hydrogen-bond acceptors (Lipinski definition) is 5. The number of pyridine rings is 1. The van der Waals surface area contributed by atoms with Crippen molar-refractivity contribution < 1.29 is 9.84 Å². The molecule has 30 heavy (non-hydrogen) atoms. The van der Waals surface area contributed by atoms with Crippen molar-refractivity contribution in [3.63, 3.8) is 0 Å². The minimum atomic E-state index is -1.05. The number of nitrogens with zero attached hydrogens (tertiary/aromatic N) is 3. The molecule has 5 heterocycles. The van der Waals surface area contributed by atoms with E-state index in [0.29, 0.717) is 6.42 Å². The van der Waals surface area contributed by atoms with Gasteiger partial charge in [0, 0.05) is 32.2 Å². The van der Waals surface area contributed by atoms with Crippen molar-refractivity contribution in [1.29, 1.82) is 0 Å². The van der Waals surface area contributed by atoms with E-state index in [2.05, 4.69) is 33.9 Å². The first-order valence-electron chi connectivity index (χ1n) is 10.9. The molecule has 0 amide bonds. The van der Waals surface area contributed by atoms with Crippen LogP contribution in [0.25, 0.3) is 0 Å². The van der Waals surface area contributed by atoms with Crippen LogP contribution in [0.1, 0.15) is 29.7 Å². The largest absolute Gasteiger partial charge is 0.382 e. The van der Waals surface area contributed by atoms with E-state index in [1.54, 1.807) is 7.11 Å². The second-order valence-corrected chi connectivity index (χ2v) is 8.79. The van der Waals surface area contributed by atoms with Gasteiger partial charge in [0.1, 0.15) is 17.5 Å². The Morgan fingerprint density at radius 2 is 1.90 bits per heavy atom. The highest BCUT2D eigenvalue weighted by atomic mass is 16.5. The fourth-order valence-corrected chi connectivity index (χ4v) is 5.43. The van der Waals surface area contributed by atoms with E-state index < -0.39 is 5.60 Å². The summed E-state index contributed by atoms with van der Waals surface area (Å²) in [5.74, 6) is 4.03. The monoisotopic (exact) mass is 403 g/mol. The second-order valence-electron chi connectivity index (χ2n) is 8.79. The second kappa shape index (κ2) is 7.70. The zero-order chi connectivity index (χ0) is 20.7. The predicted molar refractivity (Wildman–Crippen MR) is 117 cm³/mol. The fourth-order valence-electron chi connectivity index (χ4n) is 5.43. The lowest BCUT2D eigenvalue weighted by Gasteiger charge is -2.54. The van der Waals surface area contributed by atoms with E-state index in [-0.39, 0.29) is 18.1 Å². The van der Waals surface area contributed by atoms with Crippen LogP contribution in [-0.2, 0) is 16.8 Å². The third-order valence-electron chi connectivity index (χ3n) is 7.20. The highest BCUT2D eigenvalue weighted by molar-refractivity contribution is 5.48. The van der Waals surface area contributed by atoms with Crippen molar-refractivity contribution in [3.8, 4) is 12.3 Å². The first-order valence-corrected chi connectivity index (χ1v) is 10.9. The van der Waals surface area contributed by atoms with Gasteiger partial charge in [-0.05, 0) is 43.5 Å². The maximum absolute atomic E-state index is 12.1. The van der Waals surface area contributed by atoms with E-state index >= 15 is 0 Å². The molecule has 4 saturated heterocycles. The summed E-state index contributed by atoms with van der Waals surface area (Å²) in [6.07, 6.45) is 8.84. The van der Waals surface area contributed by atoms with Crippen LogP contribution >= 0.6 is 0 Å². The van der Waals surface area contributed by atoms with Crippen LogP contribution in [-0.4, -0.2) is 60.4 Å². The van der Waals surface area contributed by atoms with Gasteiger partial charge in [-0.15, -0.1) is 6.42 Å². The van der Waals surface area contributed by atoms with Gasteiger partial charge < -0.3 is 14.7 Å². The van der Waals surface area contributed by atoms with Gasteiger partial charge in [-0.2, -0.15) is 0 Å². The average Bonchev–Trinajstić information content (AvgIpc) is 2.75. The van der Waals surface area contributed by atoms with Crippen molar-refractivity contribution in [1.82, 2.24) is 9.88 Å². The zero-order valence-corrected chi connectivity index (χ0v) is 17.5. The highest BCUT2D eigenvalue weighted by Crippen LogP contribution is 2.48. The van der Waals surface area contributed by atoms with Crippen LogP contribution in [0.5, 0.6) is 0 Å². The Hall–Kier alpha value is -2.39. The van der Waals surface area contributed by atoms with E-state index in [0.717, 1.165) is 56.1 Å². The standard InChI is InChI=1S/C25H29N3O2/c1-3-23-25(29,19-11-13-27(23)14-12-19)21-9-10-24(28-16-20(17-28)30-2)26-22(21)15-18-7-5-4-6-8-18/h1,4-10,19-20,23,29H,11-17H2,2H3/t23?,25-/m1/s1. The van der Waals surface area contributed by atoms with Crippen LogP contribution in [0.3, 0.4) is 0 Å². The third-order valence-corrected chi connectivity index (χ3v) is 7.20. The lowest BCUT2D eigenvalue weighted by atomic mass is 9.66. The Bertz CT molecular complexity index is 943. The molecule has 2 atom stereocenters. The van der Waals surface area contributed by atoms with Gasteiger partial charge in [-0.25, -0.2) is 4.98 Å². The van der Waals surface area contributed by atoms with Gasteiger partial charge in [0.2, 0.25) is 0 Å². The molecule has 156 valence electrons. The number of rotatable bonds is 5. The minimum absolute atomic E-state index is 0.174. The lowest BCUT2D eigenvalue weighted by molar-refractivity contribution is -0.143. The number of benzene rings is 1.